The van der Waals surface area contributed by atoms with Crippen LogP contribution in [0.4, 0.5) is 33.5 Å². The van der Waals surface area contributed by atoms with Gasteiger partial charge in [0.05, 0.1) is 17.6 Å². The molecule has 1 aliphatic rings. The number of benzene rings is 2. The van der Waals surface area contributed by atoms with E-state index in [1.54, 1.807) is 23.1 Å². The Morgan fingerprint density at radius 3 is 2.32 bits per heavy atom. The van der Waals surface area contributed by atoms with Crippen molar-refractivity contribution in [3.63, 3.8) is 0 Å². The summed E-state index contributed by atoms with van der Waals surface area (Å²) in [6.45, 7) is 2.75. The minimum Gasteiger partial charge on any atom is -0.475 e. The van der Waals surface area contributed by atoms with E-state index in [-0.39, 0.29) is 29.3 Å². The van der Waals surface area contributed by atoms with Crippen LogP contribution in [0.25, 0.3) is 11.3 Å². The molecule has 1 aromatic heterocycles. The molecule has 0 aliphatic carbocycles. The Morgan fingerprint density at radius 2 is 1.78 bits per heavy atom. The van der Waals surface area contributed by atoms with Crippen molar-refractivity contribution in [3.8, 4) is 11.3 Å². The number of aliphatic carboxylic acids is 1. The van der Waals surface area contributed by atoms with Gasteiger partial charge < -0.3 is 25.6 Å². The summed E-state index contributed by atoms with van der Waals surface area (Å²) < 4.78 is 61.1. The summed E-state index contributed by atoms with van der Waals surface area (Å²) in [6.07, 6.45) is -5.08. The number of rotatable bonds is 4. The maximum atomic E-state index is 14.0. The summed E-state index contributed by atoms with van der Waals surface area (Å²) in [5.74, 6) is -2.52. The van der Waals surface area contributed by atoms with Gasteiger partial charge in [-0.15, -0.1) is 0 Å². The van der Waals surface area contributed by atoms with Crippen LogP contribution in [-0.2, 0) is 16.1 Å². The average Bonchev–Trinajstić information content (AvgIpc) is 3.20. The predicted molar refractivity (Wildman–Crippen MR) is 125 cm³/mol. The number of amides is 1. The summed E-state index contributed by atoms with van der Waals surface area (Å²) in [7, 11) is 0. The van der Waals surface area contributed by atoms with E-state index in [1.165, 1.54) is 24.3 Å². The average molecular weight is 546 g/mol. The van der Waals surface area contributed by atoms with E-state index in [9.17, 15) is 26.7 Å². The fourth-order valence-corrected chi connectivity index (χ4v) is 3.78. The lowest BCUT2D eigenvalue weighted by atomic mass is 10.1. The molecule has 4 N–H and O–H groups in total. The number of nitrogens with two attached hydrogens (primary N) is 1. The second kappa shape index (κ2) is 11.1. The number of carboxylic acid groups (broad SMARTS) is 1. The zero-order valence-corrected chi connectivity index (χ0v) is 19.9. The number of aromatic nitrogens is 2. The van der Waals surface area contributed by atoms with Crippen LogP contribution >= 0.6 is 11.6 Å². The monoisotopic (exact) mass is 545 g/mol. The SMILES string of the molecule is C[C@@H]1c2nc(-c3ccc(F)cc3)c(Nc3ccc(Cl)c(F)c3)n2CCN1C(=O)CN.O=C(O)C(F)(F)F. The number of anilines is 2. The van der Waals surface area contributed by atoms with Crippen LogP contribution in [0.2, 0.25) is 5.02 Å². The molecule has 198 valence electrons. The van der Waals surface area contributed by atoms with Gasteiger partial charge in [-0.25, -0.2) is 18.6 Å². The highest BCUT2D eigenvalue weighted by molar-refractivity contribution is 6.30. The molecule has 0 saturated carbocycles. The molecule has 1 aliphatic heterocycles. The first-order chi connectivity index (χ1) is 17.3. The number of halogens is 6. The fraction of sp³-hybridized carbons (Fsp3) is 0.261. The summed E-state index contributed by atoms with van der Waals surface area (Å²) in [6, 6.07) is 10.1. The number of hydrogen-bond acceptors (Lipinski definition) is 5. The minimum atomic E-state index is -5.08. The Labute approximate surface area is 212 Å². The third-order valence-corrected chi connectivity index (χ3v) is 5.75. The molecule has 14 heteroatoms. The first kappa shape index (κ1) is 27.9. The molecule has 0 unspecified atom stereocenters. The van der Waals surface area contributed by atoms with Crippen molar-refractivity contribution in [2.75, 3.05) is 18.4 Å². The van der Waals surface area contributed by atoms with Crippen LogP contribution in [0.1, 0.15) is 18.8 Å². The molecule has 2 aromatic carbocycles. The Kier molecular flexibility index (Phi) is 8.39. The van der Waals surface area contributed by atoms with Gasteiger partial charge in [0.2, 0.25) is 5.91 Å². The van der Waals surface area contributed by atoms with Crippen molar-refractivity contribution in [1.29, 1.82) is 0 Å². The van der Waals surface area contributed by atoms with Gasteiger partial charge in [-0.05, 0) is 49.4 Å². The molecule has 0 fully saturated rings. The second-order valence-corrected chi connectivity index (χ2v) is 8.26. The lowest BCUT2D eigenvalue weighted by Crippen LogP contribution is -2.44. The van der Waals surface area contributed by atoms with Crippen molar-refractivity contribution >= 4 is 35.0 Å². The Balaban J connectivity index is 0.000000479. The van der Waals surface area contributed by atoms with E-state index in [2.05, 4.69) is 5.32 Å². The van der Waals surface area contributed by atoms with Crippen LogP contribution < -0.4 is 11.1 Å². The number of imidazole rings is 1. The number of fused-ring (bicyclic) bond motifs is 1. The van der Waals surface area contributed by atoms with Gasteiger partial charge in [0.25, 0.3) is 0 Å². The van der Waals surface area contributed by atoms with Gasteiger partial charge >= 0.3 is 12.1 Å². The maximum absolute atomic E-state index is 14.0. The highest BCUT2D eigenvalue weighted by Gasteiger charge is 2.38. The van der Waals surface area contributed by atoms with Gasteiger partial charge in [-0.2, -0.15) is 13.2 Å². The zero-order chi connectivity index (χ0) is 27.5. The van der Waals surface area contributed by atoms with Crippen LogP contribution in [-0.4, -0.2) is 50.7 Å². The quantitative estimate of drug-likeness (QED) is 0.409. The standard InChI is InChI=1S/C21H20ClF2N5O.C2HF3O2/c1-12-20-27-19(13-2-4-14(23)5-3-13)21(26-15-6-7-16(22)17(24)10-15)29(20)9-8-28(12)18(30)11-25;3-2(4,5)1(6)7/h2-7,10,12,26H,8-9,11,25H2,1H3;(H,6,7)/t12-;/m1./s1. The second-order valence-electron chi connectivity index (χ2n) is 7.85. The molecular weight excluding hydrogens is 525 g/mol. The van der Waals surface area contributed by atoms with Crippen molar-refractivity contribution in [1.82, 2.24) is 14.5 Å². The smallest absolute Gasteiger partial charge is 0.475 e. The number of nitrogens with one attached hydrogen (secondary N) is 1. The summed E-state index contributed by atoms with van der Waals surface area (Å²) in [4.78, 5) is 27.5. The number of carbonyl (C=O) groups is 2. The third kappa shape index (κ3) is 6.35. The van der Waals surface area contributed by atoms with Gasteiger partial charge in [0, 0.05) is 24.3 Å². The molecule has 1 amide bonds. The largest absolute Gasteiger partial charge is 0.490 e. The normalized spacial score (nSPS) is 14.9. The van der Waals surface area contributed by atoms with E-state index < -0.39 is 18.0 Å². The maximum Gasteiger partial charge on any atom is 0.490 e. The fourth-order valence-electron chi connectivity index (χ4n) is 3.66. The van der Waals surface area contributed by atoms with Gasteiger partial charge in [0.1, 0.15) is 29.0 Å². The van der Waals surface area contributed by atoms with E-state index in [1.807, 2.05) is 11.5 Å². The van der Waals surface area contributed by atoms with Crippen LogP contribution in [0.15, 0.2) is 42.5 Å². The number of nitrogens with zero attached hydrogens (tertiary/aromatic N) is 3. The Hall–Kier alpha value is -3.71. The van der Waals surface area contributed by atoms with E-state index in [0.717, 1.165) is 0 Å². The van der Waals surface area contributed by atoms with Crippen molar-refractivity contribution in [2.45, 2.75) is 25.7 Å². The van der Waals surface area contributed by atoms with Crippen LogP contribution in [0.3, 0.4) is 0 Å². The predicted octanol–water partition coefficient (Wildman–Crippen LogP) is 4.72. The molecule has 0 radical (unpaired) electrons. The van der Waals surface area contributed by atoms with Crippen LogP contribution in [0.5, 0.6) is 0 Å². The number of carboxylic acids is 1. The molecular formula is C23H21ClF5N5O3. The molecule has 8 nitrogen and oxygen atoms in total. The highest BCUT2D eigenvalue weighted by atomic mass is 35.5. The molecule has 1 atom stereocenters. The number of alkyl halides is 3. The van der Waals surface area contributed by atoms with Crippen molar-refractivity contribution < 1.29 is 36.6 Å². The van der Waals surface area contributed by atoms with Gasteiger partial charge in [0.15, 0.2) is 0 Å². The topological polar surface area (TPSA) is 113 Å². The first-order valence-electron chi connectivity index (χ1n) is 10.7. The third-order valence-electron chi connectivity index (χ3n) is 5.44. The lowest BCUT2D eigenvalue weighted by Gasteiger charge is -2.34. The van der Waals surface area contributed by atoms with Crippen LogP contribution in [0, 0.1) is 11.6 Å². The molecule has 0 saturated heterocycles. The number of carbonyl (C=O) groups excluding carboxylic acids is 1. The highest BCUT2D eigenvalue weighted by Crippen LogP contribution is 2.37. The summed E-state index contributed by atoms with van der Waals surface area (Å²) in [5.41, 5.74) is 7.31. The molecule has 2 heterocycles. The van der Waals surface area contributed by atoms with Gasteiger partial charge in [-0.3, -0.25) is 4.79 Å². The molecule has 3 aromatic rings. The van der Waals surface area contributed by atoms with E-state index >= 15 is 0 Å². The molecule has 4 rings (SSSR count). The lowest BCUT2D eigenvalue weighted by molar-refractivity contribution is -0.192. The first-order valence-corrected chi connectivity index (χ1v) is 11.1. The van der Waals surface area contributed by atoms with Crippen molar-refractivity contribution in [2.24, 2.45) is 5.73 Å². The van der Waals surface area contributed by atoms with E-state index in [4.69, 9.17) is 32.2 Å². The van der Waals surface area contributed by atoms with E-state index in [0.29, 0.717) is 41.7 Å². The van der Waals surface area contributed by atoms with Crippen molar-refractivity contribution in [3.05, 3.63) is 64.9 Å². The van der Waals surface area contributed by atoms with Gasteiger partial charge in [-0.1, -0.05) is 11.6 Å². The summed E-state index contributed by atoms with van der Waals surface area (Å²) >= 11 is 5.79. The zero-order valence-electron chi connectivity index (χ0n) is 19.2. The Bertz CT molecular complexity index is 1300. The molecule has 0 bridgehead atoms. The Morgan fingerprint density at radius 1 is 1.16 bits per heavy atom. The molecule has 37 heavy (non-hydrogen) atoms. The number of hydrogen-bond donors (Lipinski definition) is 3. The molecule has 0 spiro atoms. The summed E-state index contributed by atoms with van der Waals surface area (Å²) in [5, 5.41) is 10.4. The minimum absolute atomic E-state index is 0.0270.